The van der Waals surface area contributed by atoms with E-state index in [1.54, 1.807) is 0 Å². The van der Waals surface area contributed by atoms with Crippen molar-refractivity contribution >= 4 is 11.8 Å². The quantitative estimate of drug-likeness (QED) is 0.674. The molecule has 0 aliphatic heterocycles. The summed E-state index contributed by atoms with van der Waals surface area (Å²) < 4.78 is 4.69. The number of esters is 1. The highest BCUT2D eigenvalue weighted by Crippen LogP contribution is 2.27. The maximum absolute atomic E-state index is 12.0. The summed E-state index contributed by atoms with van der Waals surface area (Å²) >= 11 is 0. The lowest BCUT2D eigenvalue weighted by atomic mass is 9.82. The first kappa shape index (κ1) is 14.3. The fourth-order valence-corrected chi connectivity index (χ4v) is 2.48. The van der Waals surface area contributed by atoms with Crippen molar-refractivity contribution in [3.8, 4) is 0 Å². The molecule has 4 heteroatoms. The van der Waals surface area contributed by atoms with Crippen molar-refractivity contribution in [2.45, 2.75) is 19.9 Å². The molecule has 1 aromatic carbocycles. The number of ether oxygens (including phenoxy) is 1. The molecule has 2 atom stereocenters. The standard InChI is InChI=1S/C16H19NO3/c1-11-8-13(9-14(18)15(11)16(19)20-2)17-10-12-6-4-3-5-7-12/h3-7,9,11,15,17H,8,10H2,1-2H3/t11-,15-/m1/s1. The van der Waals surface area contributed by atoms with Crippen LogP contribution < -0.4 is 5.32 Å². The number of carbonyl (C=O) groups is 2. The van der Waals surface area contributed by atoms with Crippen molar-refractivity contribution in [1.82, 2.24) is 5.32 Å². The van der Waals surface area contributed by atoms with E-state index >= 15 is 0 Å². The van der Waals surface area contributed by atoms with Crippen LogP contribution in [0, 0.1) is 11.8 Å². The van der Waals surface area contributed by atoms with Gasteiger partial charge in [-0.2, -0.15) is 0 Å². The van der Waals surface area contributed by atoms with Gasteiger partial charge in [0.05, 0.1) is 7.11 Å². The van der Waals surface area contributed by atoms with Gasteiger partial charge in [0.15, 0.2) is 5.78 Å². The predicted octanol–water partition coefficient (Wildman–Crippen LogP) is 2.06. The van der Waals surface area contributed by atoms with E-state index in [9.17, 15) is 9.59 Å². The summed E-state index contributed by atoms with van der Waals surface area (Å²) in [6.07, 6.45) is 2.21. The third kappa shape index (κ3) is 3.26. The first-order valence-electron chi connectivity index (χ1n) is 6.72. The van der Waals surface area contributed by atoms with Crippen LogP contribution in [0.15, 0.2) is 42.1 Å². The van der Waals surface area contributed by atoms with Crippen LogP contribution in [0.25, 0.3) is 0 Å². The molecular weight excluding hydrogens is 254 g/mol. The van der Waals surface area contributed by atoms with Crippen molar-refractivity contribution < 1.29 is 14.3 Å². The van der Waals surface area contributed by atoms with Gasteiger partial charge in [0.25, 0.3) is 0 Å². The summed E-state index contributed by atoms with van der Waals surface area (Å²) in [6.45, 7) is 2.58. The zero-order valence-corrected chi connectivity index (χ0v) is 11.8. The van der Waals surface area contributed by atoms with Crippen molar-refractivity contribution in [2.24, 2.45) is 11.8 Å². The van der Waals surface area contributed by atoms with Crippen molar-refractivity contribution in [1.29, 1.82) is 0 Å². The number of ketones is 1. The molecule has 1 N–H and O–H groups in total. The van der Waals surface area contributed by atoms with Gasteiger partial charge in [0.1, 0.15) is 5.92 Å². The molecule has 1 aliphatic rings. The minimum atomic E-state index is -0.665. The number of benzene rings is 1. The van der Waals surface area contributed by atoms with Gasteiger partial charge in [0.2, 0.25) is 0 Å². The Balaban J connectivity index is 2.01. The summed E-state index contributed by atoms with van der Waals surface area (Å²) in [7, 11) is 1.31. The largest absolute Gasteiger partial charge is 0.468 e. The molecule has 0 fully saturated rings. The molecule has 1 aliphatic carbocycles. The van der Waals surface area contributed by atoms with Crippen molar-refractivity contribution in [3.63, 3.8) is 0 Å². The highest BCUT2D eigenvalue weighted by atomic mass is 16.5. The van der Waals surface area contributed by atoms with Crippen molar-refractivity contribution in [2.75, 3.05) is 7.11 Å². The second kappa shape index (κ2) is 6.37. The summed E-state index contributed by atoms with van der Waals surface area (Å²) in [6, 6.07) is 9.98. The Bertz CT molecular complexity index is 522. The minimum absolute atomic E-state index is 0.0433. The smallest absolute Gasteiger partial charge is 0.316 e. The van der Waals surface area contributed by atoms with E-state index in [2.05, 4.69) is 10.1 Å². The number of methoxy groups -OCH3 is 1. The Morgan fingerprint density at radius 3 is 2.65 bits per heavy atom. The van der Waals surface area contributed by atoms with E-state index in [0.29, 0.717) is 13.0 Å². The average Bonchev–Trinajstić information content (AvgIpc) is 2.45. The first-order valence-corrected chi connectivity index (χ1v) is 6.72. The Hall–Kier alpha value is -2.10. The van der Waals surface area contributed by atoms with Gasteiger partial charge >= 0.3 is 5.97 Å². The zero-order chi connectivity index (χ0) is 14.5. The van der Waals surface area contributed by atoms with E-state index in [4.69, 9.17) is 0 Å². The highest BCUT2D eigenvalue weighted by molar-refractivity contribution is 6.06. The van der Waals surface area contributed by atoms with Crippen molar-refractivity contribution in [3.05, 3.63) is 47.7 Å². The van der Waals surface area contributed by atoms with Gasteiger partial charge in [-0.25, -0.2) is 0 Å². The Morgan fingerprint density at radius 2 is 2.05 bits per heavy atom. The molecule has 0 unspecified atom stereocenters. The lowest BCUT2D eigenvalue weighted by molar-refractivity contribution is -0.150. The van der Waals surface area contributed by atoms with E-state index in [0.717, 1.165) is 11.3 Å². The van der Waals surface area contributed by atoms with Gasteiger partial charge < -0.3 is 10.1 Å². The lowest BCUT2D eigenvalue weighted by Gasteiger charge is -2.26. The summed E-state index contributed by atoms with van der Waals surface area (Å²) in [5.41, 5.74) is 2.04. The molecule has 0 radical (unpaired) electrons. The van der Waals surface area contributed by atoms with E-state index in [1.165, 1.54) is 13.2 Å². The molecule has 0 spiro atoms. The van der Waals surface area contributed by atoms with Crippen LogP contribution in [-0.4, -0.2) is 18.9 Å². The molecule has 1 aromatic rings. The second-order valence-corrected chi connectivity index (χ2v) is 5.09. The van der Waals surface area contributed by atoms with E-state index in [-0.39, 0.29) is 11.7 Å². The monoisotopic (exact) mass is 273 g/mol. The topological polar surface area (TPSA) is 55.4 Å². The third-order valence-electron chi connectivity index (χ3n) is 3.55. The number of nitrogens with one attached hydrogen (secondary N) is 1. The minimum Gasteiger partial charge on any atom is -0.468 e. The Kier molecular flexibility index (Phi) is 4.56. The van der Waals surface area contributed by atoms with Crippen LogP contribution in [0.4, 0.5) is 0 Å². The number of hydrogen-bond donors (Lipinski definition) is 1. The molecule has 0 saturated carbocycles. The molecule has 0 saturated heterocycles. The zero-order valence-electron chi connectivity index (χ0n) is 11.8. The SMILES string of the molecule is COC(=O)[C@H]1C(=O)C=C(NCc2ccccc2)C[C@H]1C. The molecular formula is C16H19NO3. The van der Waals surface area contributed by atoms with Crippen LogP contribution in [-0.2, 0) is 20.9 Å². The van der Waals surface area contributed by atoms with Gasteiger partial charge in [-0.1, -0.05) is 37.3 Å². The second-order valence-electron chi connectivity index (χ2n) is 5.09. The van der Waals surface area contributed by atoms with E-state index in [1.807, 2.05) is 37.3 Å². The molecule has 0 bridgehead atoms. The maximum Gasteiger partial charge on any atom is 0.316 e. The van der Waals surface area contributed by atoms with Gasteiger partial charge in [0, 0.05) is 18.3 Å². The maximum atomic E-state index is 12.0. The average molecular weight is 273 g/mol. The molecule has 20 heavy (non-hydrogen) atoms. The third-order valence-corrected chi connectivity index (χ3v) is 3.55. The Labute approximate surface area is 118 Å². The highest BCUT2D eigenvalue weighted by Gasteiger charge is 2.35. The number of allylic oxidation sites excluding steroid dienone is 2. The molecule has 4 nitrogen and oxygen atoms in total. The molecule has 0 amide bonds. The normalized spacial score (nSPS) is 22.1. The summed E-state index contributed by atoms with van der Waals surface area (Å²) in [4.78, 5) is 23.6. The fourth-order valence-electron chi connectivity index (χ4n) is 2.48. The van der Waals surface area contributed by atoms with Crippen LogP contribution in [0.2, 0.25) is 0 Å². The fraction of sp³-hybridized carbons (Fsp3) is 0.375. The number of carbonyl (C=O) groups excluding carboxylic acids is 2. The Morgan fingerprint density at radius 1 is 1.35 bits per heavy atom. The molecule has 2 rings (SSSR count). The van der Waals surface area contributed by atoms with Crippen LogP contribution >= 0.6 is 0 Å². The van der Waals surface area contributed by atoms with Gasteiger partial charge in [-0.3, -0.25) is 9.59 Å². The van der Waals surface area contributed by atoms with Gasteiger partial charge in [-0.05, 0) is 17.9 Å². The van der Waals surface area contributed by atoms with Crippen LogP contribution in [0.5, 0.6) is 0 Å². The van der Waals surface area contributed by atoms with Gasteiger partial charge in [-0.15, -0.1) is 0 Å². The first-order chi connectivity index (χ1) is 9.61. The number of hydrogen-bond acceptors (Lipinski definition) is 4. The predicted molar refractivity (Wildman–Crippen MR) is 75.7 cm³/mol. The number of rotatable bonds is 4. The molecule has 0 heterocycles. The summed E-state index contributed by atoms with van der Waals surface area (Å²) in [5, 5.41) is 3.26. The van der Waals surface area contributed by atoms with Crippen LogP contribution in [0.3, 0.4) is 0 Å². The molecule has 0 aromatic heterocycles. The summed E-state index contributed by atoms with van der Waals surface area (Å²) in [5.74, 6) is -1.33. The van der Waals surface area contributed by atoms with Crippen LogP contribution in [0.1, 0.15) is 18.9 Å². The molecule has 106 valence electrons. The lowest BCUT2D eigenvalue weighted by Crippen LogP contribution is -2.35. The van der Waals surface area contributed by atoms with E-state index < -0.39 is 11.9 Å².